The first-order valence-corrected chi connectivity index (χ1v) is 10.4. The Morgan fingerprint density at radius 3 is 2.77 bits per heavy atom. The van der Waals surface area contributed by atoms with E-state index in [1.54, 1.807) is 18.5 Å². The summed E-state index contributed by atoms with van der Waals surface area (Å²) < 4.78 is 17.1. The molecule has 5 rings (SSSR count). The predicted octanol–water partition coefficient (Wildman–Crippen LogP) is 4.19. The minimum Gasteiger partial charge on any atom is -0.348 e. The molecule has 0 saturated heterocycles. The monoisotopic (exact) mass is 417 g/mol. The van der Waals surface area contributed by atoms with Crippen LogP contribution in [0.4, 0.5) is 4.39 Å². The van der Waals surface area contributed by atoms with Crippen molar-refractivity contribution in [2.45, 2.75) is 39.3 Å². The van der Waals surface area contributed by atoms with E-state index in [1.165, 1.54) is 12.1 Å². The molecule has 0 saturated carbocycles. The maximum Gasteiger partial charge on any atom is 0.240 e. The molecule has 0 aliphatic heterocycles. The molecule has 2 aromatic heterocycles. The van der Waals surface area contributed by atoms with Gasteiger partial charge in [-0.25, -0.2) is 14.1 Å². The molecule has 0 radical (unpaired) electrons. The van der Waals surface area contributed by atoms with Crippen molar-refractivity contribution in [3.8, 4) is 5.69 Å². The van der Waals surface area contributed by atoms with E-state index in [2.05, 4.69) is 29.2 Å². The molecule has 31 heavy (non-hydrogen) atoms. The summed E-state index contributed by atoms with van der Waals surface area (Å²) in [6, 6.07) is 14.0. The first-order chi connectivity index (χ1) is 14.9. The van der Waals surface area contributed by atoms with Gasteiger partial charge in [-0.05, 0) is 54.7 Å². The third kappa shape index (κ3) is 3.71. The Kier molecular flexibility index (Phi) is 4.61. The zero-order valence-corrected chi connectivity index (χ0v) is 17.5. The van der Waals surface area contributed by atoms with Gasteiger partial charge in [0.05, 0.1) is 41.0 Å². The second-order valence-electron chi connectivity index (χ2n) is 8.96. The molecule has 6 nitrogen and oxygen atoms in total. The number of para-hydroxylation sites is 2. The topological polar surface area (TPSA) is 64.7 Å². The Morgan fingerprint density at radius 2 is 1.97 bits per heavy atom. The smallest absolute Gasteiger partial charge is 0.240 e. The van der Waals surface area contributed by atoms with E-state index in [9.17, 15) is 9.18 Å². The van der Waals surface area contributed by atoms with Gasteiger partial charge in [0.25, 0.3) is 0 Å². The SMILES string of the molecule is CC1(C)Cc2c(cnn2-c2ccc(F)cc2)[C@@H](NC(=O)Cn2cnc3ccccc32)C1. The van der Waals surface area contributed by atoms with Gasteiger partial charge in [0, 0.05) is 5.56 Å². The van der Waals surface area contributed by atoms with Crippen molar-refractivity contribution >= 4 is 16.9 Å². The Balaban J connectivity index is 1.41. The number of hydrogen-bond acceptors (Lipinski definition) is 3. The van der Waals surface area contributed by atoms with E-state index in [4.69, 9.17) is 0 Å². The number of carbonyl (C=O) groups excluding carboxylic acids is 1. The van der Waals surface area contributed by atoms with E-state index >= 15 is 0 Å². The summed E-state index contributed by atoms with van der Waals surface area (Å²) in [4.78, 5) is 17.3. The summed E-state index contributed by atoms with van der Waals surface area (Å²) in [5.41, 5.74) is 4.69. The molecule has 158 valence electrons. The maximum absolute atomic E-state index is 13.4. The minimum atomic E-state index is -0.276. The Hall–Kier alpha value is -3.48. The number of halogens is 1. The fourth-order valence-corrected chi connectivity index (χ4v) is 4.51. The maximum atomic E-state index is 13.4. The first-order valence-electron chi connectivity index (χ1n) is 10.4. The highest BCUT2D eigenvalue weighted by Crippen LogP contribution is 2.41. The number of benzene rings is 2. The third-order valence-electron chi connectivity index (χ3n) is 5.93. The molecule has 0 unspecified atom stereocenters. The van der Waals surface area contributed by atoms with Gasteiger partial charge in [-0.2, -0.15) is 5.10 Å². The van der Waals surface area contributed by atoms with E-state index in [0.29, 0.717) is 0 Å². The summed E-state index contributed by atoms with van der Waals surface area (Å²) in [5.74, 6) is -0.339. The summed E-state index contributed by atoms with van der Waals surface area (Å²) in [7, 11) is 0. The fourth-order valence-electron chi connectivity index (χ4n) is 4.51. The van der Waals surface area contributed by atoms with Crippen LogP contribution in [-0.4, -0.2) is 25.2 Å². The molecule has 0 fully saturated rings. The van der Waals surface area contributed by atoms with Crippen LogP contribution in [-0.2, 0) is 17.8 Å². The quantitative estimate of drug-likeness (QED) is 0.542. The molecular formula is C24H24FN5O. The van der Waals surface area contributed by atoms with Gasteiger partial charge < -0.3 is 9.88 Å². The molecule has 7 heteroatoms. The lowest BCUT2D eigenvalue weighted by molar-refractivity contribution is -0.122. The Labute approximate surface area is 179 Å². The number of rotatable bonds is 4. The van der Waals surface area contributed by atoms with Gasteiger partial charge in [0.1, 0.15) is 12.4 Å². The lowest BCUT2D eigenvalue weighted by atomic mass is 9.74. The van der Waals surface area contributed by atoms with Gasteiger partial charge in [0.15, 0.2) is 0 Å². The highest BCUT2D eigenvalue weighted by atomic mass is 19.1. The van der Waals surface area contributed by atoms with Crippen LogP contribution < -0.4 is 5.32 Å². The standard InChI is InChI=1S/C24H24FN5O/c1-24(2)11-20(28-23(31)14-29-15-26-19-5-3-4-6-21(19)29)18-13-27-30(22(18)12-24)17-9-7-16(25)8-10-17/h3-10,13,15,20H,11-12,14H2,1-2H3,(H,28,31)/t20-/m0/s1. The number of nitrogens with one attached hydrogen (secondary N) is 1. The largest absolute Gasteiger partial charge is 0.348 e. The summed E-state index contributed by atoms with van der Waals surface area (Å²) in [6.07, 6.45) is 5.18. The molecular weight excluding hydrogens is 393 g/mol. The minimum absolute atomic E-state index is 0.00946. The number of amides is 1. The second-order valence-corrected chi connectivity index (χ2v) is 8.96. The first kappa shape index (κ1) is 19.5. The zero-order valence-electron chi connectivity index (χ0n) is 17.5. The van der Waals surface area contributed by atoms with Gasteiger partial charge in [-0.3, -0.25) is 4.79 Å². The molecule has 1 aliphatic carbocycles. The van der Waals surface area contributed by atoms with E-state index < -0.39 is 0 Å². The van der Waals surface area contributed by atoms with Crippen LogP contribution in [0.15, 0.2) is 61.1 Å². The zero-order chi connectivity index (χ0) is 21.6. The van der Waals surface area contributed by atoms with Crippen molar-refractivity contribution in [1.82, 2.24) is 24.6 Å². The lowest BCUT2D eigenvalue weighted by Crippen LogP contribution is -2.38. The highest BCUT2D eigenvalue weighted by molar-refractivity contribution is 5.80. The fraction of sp³-hybridized carbons (Fsp3) is 0.292. The van der Waals surface area contributed by atoms with Crippen molar-refractivity contribution in [3.63, 3.8) is 0 Å². The van der Waals surface area contributed by atoms with E-state index in [1.807, 2.05) is 39.7 Å². The van der Waals surface area contributed by atoms with Crippen molar-refractivity contribution in [2.75, 3.05) is 0 Å². The van der Waals surface area contributed by atoms with Crippen LogP contribution in [0.3, 0.4) is 0 Å². The summed E-state index contributed by atoms with van der Waals surface area (Å²) in [6.45, 7) is 4.60. The van der Waals surface area contributed by atoms with Crippen LogP contribution in [0.1, 0.15) is 37.6 Å². The van der Waals surface area contributed by atoms with Crippen molar-refractivity contribution < 1.29 is 9.18 Å². The Bertz CT molecular complexity index is 1250. The lowest BCUT2D eigenvalue weighted by Gasteiger charge is -2.36. The second kappa shape index (κ2) is 7.34. The third-order valence-corrected chi connectivity index (χ3v) is 5.93. The number of carbonyl (C=O) groups is 1. The molecule has 4 aromatic rings. The van der Waals surface area contributed by atoms with Crippen LogP contribution >= 0.6 is 0 Å². The molecule has 0 spiro atoms. The van der Waals surface area contributed by atoms with Crippen LogP contribution in [0, 0.1) is 11.2 Å². The summed E-state index contributed by atoms with van der Waals surface area (Å²) in [5, 5.41) is 7.77. The predicted molar refractivity (Wildman–Crippen MR) is 116 cm³/mol. The number of fused-ring (bicyclic) bond motifs is 2. The van der Waals surface area contributed by atoms with Gasteiger partial charge in [0.2, 0.25) is 5.91 Å². The average Bonchev–Trinajstić information content (AvgIpc) is 3.32. The number of imidazole rings is 1. The molecule has 1 atom stereocenters. The van der Waals surface area contributed by atoms with Gasteiger partial charge >= 0.3 is 0 Å². The number of nitrogens with zero attached hydrogens (tertiary/aromatic N) is 4. The molecule has 2 aromatic carbocycles. The molecule has 2 heterocycles. The molecule has 1 amide bonds. The number of aromatic nitrogens is 4. The molecule has 0 bridgehead atoms. The van der Waals surface area contributed by atoms with Crippen molar-refractivity contribution in [2.24, 2.45) is 5.41 Å². The van der Waals surface area contributed by atoms with Gasteiger partial charge in [-0.15, -0.1) is 0 Å². The van der Waals surface area contributed by atoms with Crippen molar-refractivity contribution in [3.05, 3.63) is 78.1 Å². The highest BCUT2D eigenvalue weighted by Gasteiger charge is 2.36. The molecule has 1 N–H and O–H groups in total. The normalized spacial score (nSPS) is 17.5. The molecule has 1 aliphatic rings. The Morgan fingerprint density at radius 1 is 1.19 bits per heavy atom. The van der Waals surface area contributed by atoms with Crippen LogP contribution in [0.25, 0.3) is 16.7 Å². The summed E-state index contributed by atoms with van der Waals surface area (Å²) >= 11 is 0. The van der Waals surface area contributed by atoms with Crippen LogP contribution in [0.5, 0.6) is 0 Å². The van der Waals surface area contributed by atoms with Crippen LogP contribution in [0.2, 0.25) is 0 Å². The number of hydrogen-bond donors (Lipinski definition) is 1. The van der Waals surface area contributed by atoms with E-state index in [0.717, 1.165) is 40.8 Å². The van der Waals surface area contributed by atoms with Crippen molar-refractivity contribution in [1.29, 1.82) is 0 Å². The van der Waals surface area contributed by atoms with E-state index in [-0.39, 0.29) is 29.7 Å². The van der Waals surface area contributed by atoms with Gasteiger partial charge in [-0.1, -0.05) is 26.0 Å². The average molecular weight is 417 g/mol.